The van der Waals surface area contributed by atoms with Crippen molar-refractivity contribution < 1.29 is 0 Å². The van der Waals surface area contributed by atoms with Gasteiger partial charge < -0.3 is 4.98 Å². The summed E-state index contributed by atoms with van der Waals surface area (Å²) >= 11 is 0. The van der Waals surface area contributed by atoms with Gasteiger partial charge in [0, 0.05) is 18.0 Å². The van der Waals surface area contributed by atoms with Crippen molar-refractivity contribution in [2.45, 2.75) is 0 Å². The number of para-hydroxylation sites is 3. The Labute approximate surface area is 132 Å². The maximum absolute atomic E-state index is 9.52. The highest BCUT2D eigenvalue weighted by molar-refractivity contribution is 5.95. The average molecular weight is 297 g/mol. The molecule has 0 fully saturated rings. The first-order chi connectivity index (χ1) is 11.3. The Morgan fingerprint density at radius 2 is 1.83 bits per heavy atom. The van der Waals surface area contributed by atoms with E-state index in [-0.39, 0.29) is 0 Å². The van der Waals surface area contributed by atoms with Gasteiger partial charge in [-0.25, -0.2) is 4.98 Å². The molecule has 5 heteroatoms. The summed E-state index contributed by atoms with van der Waals surface area (Å²) in [6.45, 7) is 0. The molecule has 108 valence electrons. The summed E-state index contributed by atoms with van der Waals surface area (Å²) in [7, 11) is 0. The van der Waals surface area contributed by atoms with E-state index in [0.717, 1.165) is 27.6 Å². The molecule has 0 aliphatic carbocycles. The van der Waals surface area contributed by atoms with Crippen LogP contribution in [-0.2, 0) is 0 Å². The largest absolute Gasteiger partial charge is 0.337 e. The van der Waals surface area contributed by atoms with Crippen molar-refractivity contribution in [3.8, 4) is 6.07 Å². The molecule has 0 aliphatic heterocycles. The molecule has 0 saturated carbocycles. The lowest BCUT2D eigenvalue weighted by Crippen LogP contribution is -1.88. The zero-order chi connectivity index (χ0) is 15.6. The van der Waals surface area contributed by atoms with E-state index >= 15 is 0 Å². The number of H-pyrrole nitrogens is 1. The first kappa shape index (κ1) is 13.2. The molecule has 0 atom stereocenters. The molecular formula is C18H11N5. The van der Waals surface area contributed by atoms with Gasteiger partial charge in [0.05, 0.1) is 27.6 Å². The number of imidazole rings is 1. The summed E-state index contributed by atoms with van der Waals surface area (Å²) in [6, 6.07) is 15.6. The molecule has 0 radical (unpaired) electrons. The zero-order valence-corrected chi connectivity index (χ0v) is 12.1. The summed E-state index contributed by atoms with van der Waals surface area (Å²) in [5.74, 6) is 0.551. The van der Waals surface area contributed by atoms with E-state index < -0.39 is 0 Å². The van der Waals surface area contributed by atoms with Gasteiger partial charge in [-0.3, -0.25) is 9.97 Å². The number of hydrogen-bond donors (Lipinski definition) is 1. The number of aromatic nitrogens is 4. The molecule has 5 nitrogen and oxygen atoms in total. The fraction of sp³-hybridized carbons (Fsp3) is 0. The van der Waals surface area contributed by atoms with Crippen LogP contribution in [0.25, 0.3) is 33.7 Å². The van der Waals surface area contributed by atoms with Gasteiger partial charge in [0.15, 0.2) is 0 Å². The van der Waals surface area contributed by atoms with Crippen LogP contribution in [0, 0.1) is 11.3 Å². The molecule has 4 aromatic rings. The quantitative estimate of drug-likeness (QED) is 0.574. The Morgan fingerprint density at radius 1 is 1.00 bits per heavy atom. The van der Waals surface area contributed by atoms with Crippen molar-refractivity contribution in [1.82, 2.24) is 19.9 Å². The molecule has 1 N–H and O–H groups in total. The molecule has 0 saturated heterocycles. The monoisotopic (exact) mass is 297 g/mol. The first-order valence-corrected chi connectivity index (χ1v) is 7.12. The number of hydrogen-bond acceptors (Lipinski definition) is 4. The lowest BCUT2D eigenvalue weighted by molar-refractivity contribution is 1.27. The minimum atomic E-state index is 0.458. The molecule has 2 aromatic carbocycles. The smallest absolute Gasteiger partial charge is 0.149 e. The van der Waals surface area contributed by atoms with E-state index in [1.807, 2.05) is 42.5 Å². The van der Waals surface area contributed by atoms with E-state index in [2.05, 4.69) is 26.0 Å². The standard InChI is InChI=1S/C18H11N5/c19-11-13(18-22-14-5-1-2-6-15(14)23-18)10-12-4-3-7-16-17(12)21-9-8-20-16/h1-10H,(H,22,23). The van der Waals surface area contributed by atoms with Gasteiger partial charge in [-0.2, -0.15) is 5.26 Å². The second-order valence-electron chi connectivity index (χ2n) is 5.04. The van der Waals surface area contributed by atoms with Gasteiger partial charge in [0.2, 0.25) is 0 Å². The van der Waals surface area contributed by atoms with Gasteiger partial charge in [-0.1, -0.05) is 24.3 Å². The molecule has 23 heavy (non-hydrogen) atoms. The van der Waals surface area contributed by atoms with Gasteiger partial charge in [-0.15, -0.1) is 0 Å². The Morgan fingerprint density at radius 3 is 2.70 bits per heavy atom. The van der Waals surface area contributed by atoms with E-state index in [1.165, 1.54) is 0 Å². The predicted octanol–water partition coefficient (Wildman–Crippen LogP) is 3.57. The molecule has 0 bridgehead atoms. The summed E-state index contributed by atoms with van der Waals surface area (Å²) in [6.07, 6.45) is 5.09. The van der Waals surface area contributed by atoms with Crippen LogP contribution in [0.3, 0.4) is 0 Å². The second kappa shape index (κ2) is 5.35. The number of nitrogens with zero attached hydrogens (tertiary/aromatic N) is 4. The van der Waals surface area contributed by atoms with Gasteiger partial charge in [0.25, 0.3) is 0 Å². The Bertz CT molecular complexity index is 1050. The van der Waals surface area contributed by atoms with Gasteiger partial charge in [-0.05, 0) is 24.3 Å². The highest BCUT2D eigenvalue weighted by atomic mass is 14.9. The minimum absolute atomic E-state index is 0.458. The fourth-order valence-corrected chi connectivity index (χ4v) is 2.52. The normalized spacial score (nSPS) is 11.7. The molecule has 0 spiro atoms. The maximum Gasteiger partial charge on any atom is 0.149 e. The Balaban J connectivity index is 1.88. The molecule has 0 unspecified atom stereocenters. The molecular weight excluding hydrogens is 286 g/mol. The van der Waals surface area contributed by atoms with Crippen LogP contribution in [0.2, 0.25) is 0 Å². The maximum atomic E-state index is 9.52. The van der Waals surface area contributed by atoms with Gasteiger partial charge in [0.1, 0.15) is 11.9 Å². The fourth-order valence-electron chi connectivity index (χ4n) is 2.52. The van der Waals surface area contributed by atoms with Crippen molar-refractivity contribution in [1.29, 1.82) is 5.26 Å². The summed E-state index contributed by atoms with van der Waals surface area (Å²) in [4.78, 5) is 16.3. The van der Waals surface area contributed by atoms with E-state index in [0.29, 0.717) is 11.4 Å². The molecule has 2 aromatic heterocycles. The predicted molar refractivity (Wildman–Crippen MR) is 89.1 cm³/mol. The summed E-state index contributed by atoms with van der Waals surface area (Å²) in [5, 5.41) is 9.52. The third kappa shape index (κ3) is 2.32. The number of nitrogens with one attached hydrogen (secondary N) is 1. The van der Waals surface area contributed by atoms with E-state index in [4.69, 9.17) is 0 Å². The lowest BCUT2D eigenvalue weighted by atomic mass is 10.1. The van der Waals surface area contributed by atoms with E-state index in [1.54, 1.807) is 18.5 Å². The van der Waals surface area contributed by atoms with Crippen LogP contribution in [0.5, 0.6) is 0 Å². The average Bonchev–Trinajstić information content (AvgIpc) is 3.03. The number of fused-ring (bicyclic) bond motifs is 2. The Kier molecular flexibility index (Phi) is 3.06. The van der Waals surface area contributed by atoms with Crippen molar-refractivity contribution in [3.63, 3.8) is 0 Å². The zero-order valence-electron chi connectivity index (χ0n) is 12.1. The number of nitriles is 1. The first-order valence-electron chi connectivity index (χ1n) is 7.12. The second-order valence-corrected chi connectivity index (χ2v) is 5.04. The van der Waals surface area contributed by atoms with Crippen LogP contribution < -0.4 is 0 Å². The SMILES string of the molecule is N#CC(=Cc1cccc2nccnc12)c1nc2ccccc2[nH]1. The van der Waals surface area contributed by atoms with Crippen molar-refractivity contribution in [2.75, 3.05) is 0 Å². The number of allylic oxidation sites excluding steroid dienone is 1. The number of aromatic amines is 1. The summed E-state index contributed by atoms with van der Waals surface area (Å²) < 4.78 is 0. The van der Waals surface area contributed by atoms with Crippen molar-refractivity contribution in [2.24, 2.45) is 0 Å². The molecule has 4 rings (SSSR count). The third-order valence-electron chi connectivity index (χ3n) is 3.59. The molecule has 2 heterocycles. The van der Waals surface area contributed by atoms with Gasteiger partial charge >= 0.3 is 0 Å². The molecule has 0 amide bonds. The topological polar surface area (TPSA) is 78.2 Å². The van der Waals surface area contributed by atoms with Crippen LogP contribution in [0.15, 0.2) is 54.9 Å². The van der Waals surface area contributed by atoms with E-state index in [9.17, 15) is 5.26 Å². The summed E-state index contributed by atoms with van der Waals surface area (Å²) in [5.41, 5.74) is 4.59. The Hall–Kier alpha value is -3.52. The lowest BCUT2D eigenvalue weighted by Gasteiger charge is -2.00. The van der Waals surface area contributed by atoms with Crippen LogP contribution in [0.4, 0.5) is 0 Å². The van der Waals surface area contributed by atoms with Crippen molar-refractivity contribution in [3.05, 3.63) is 66.2 Å². The van der Waals surface area contributed by atoms with Crippen LogP contribution in [0.1, 0.15) is 11.4 Å². The highest BCUT2D eigenvalue weighted by Gasteiger charge is 2.09. The highest BCUT2D eigenvalue weighted by Crippen LogP contribution is 2.22. The van der Waals surface area contributed by atoms with Crippen molar-refractivity contribution >= 4 is 33.7 Å². The van der Waals surface area contributed by atoms with Crippen LogP contribution >= 0.6 is 0 Å². The molecule has 0 aliphatic rings. The number of rotatable bonds is 2. The minimum Gasteiger partial charge on any atom is -0.337 e. The number of benzene rings is 2. The third-order valence-corrected chi connectivity index (χ3v) is 3.59. The van der Waals surface area contributed by atoms with Crippen LogP contribution in [-0.4, -0.2) is 19.9 Å².